The minimum absolute atomic E-state index is 0.00862. The number of aliphatic hydroxyl groups excluding tert-OH is 1. The molecule has 222 valence electrons. The first kappa shape index (κ1) is 28.7. The number of ketones is 1. The van der Waals surface area contributed by atoms with Crippen LogP contribution < -0.4 is 19.1 Å². The number of benzene rings is 3. The summed E-state index contributed by atoms with van der Waals surface area (Å²) in [5.74, 6) is 0.344. The van der Waals surface area contributed by atoms with Crippen molar-refractivity contribution < 1.29 is 28.9 Å². The largest absolute Gasteiger partial charge is 0.507 e. The van der Waals surface area contributed by atoms with Gasteiger partial charge in [0, 0.05) is 12.0 Å². The quantitative estimate of drug-likeness (QED) is 0.0891. The molecule has 4 aromatic rings. The molecule has 0 bridgehead atoms. The van der Waals surface area contributed by atoms with Crippen LogP contribution in [0.2, 0.25) is 0 Å². The maximum absolute atomic E-state index is 13.8. The fourth-order valence-corrected chi connectivity index (χ4v) is 6.66. The Morgan fingerprint density at radius 3 is 2.70 bits per heavy atom. The zero-order valence-electron chi connectivity index (χ0n) is 24.5. The van der Waals surface area contributed by atoms with Gasteiger partial charge < -0.3 is 19.3 Å². The molecule has 1 fully saturated rings. The molecular formula is C34H34N2O6S. The number of carbonyl (C=O) groups excluding carboxylic acids is 2. The molecule has 2 aliphatic rings. The van der Waals surface area contributed by atoms with Crippen LogP contribution in [-0.2, 0) is 16.0 Å². The second-order valence-corrected chi connectivity index (χ2v) is 11.8. The highest BCUT2D eigenvalue weighted by Gasteiger charge is 2.48. The van der Waals surface area contributed by atoms with Crippen LogP contribution in [0.15, 0.2) is 66.2 Å². The van der Waals surface area contributed by atoms with E-state index in [1.807, 2.05) is 62.4 Å². The Hall–Kier alpha value is -4.37. The van der Waals surface area contributed by atoms with E-state index < -0.39 is 17.7 Å². The first-order chi connectivity index (χ1) is 20.9. The third-order valence-corrected chi connectivity index (χ3v) is 8.69. The SMILES string of the molecule is CCCCCOc1cccc([C@H]2C(=C(O)c3ccc4c(c3)C[C@@H](C)O4)C(=O)C(=O)N2c2nc3ccc(OCC)cc3s2)c1. The number of aliphatic hydroxyl groups is 1. The molecule has 43 heavy (non-hydrogen) atoms. The van der Waals surface area contributed by atoms with Gasteiger partial charge in [-0.25, -0.2) is 4.98 Å². The van der Waals surface area contributed by atoms with Gasteiger partial charge in [0.25, 0.3) is 5.78 Å². The van der Waals surface area contributed by atoms with E-state index in [4.69, 9.17) is 19.2 Å². The van der Waals surface area contributed by atoms with Crippen LogP contribution in [0.3, 0.4) is 0 Å². The van der Waals surface area contributed by atoms with Crippen LogP contribution in [0.25, 0.3) is 16.0 Å². The Morgan fingerprint density at radius 1 is 1.05 bits per heavy atom. The van der Waals surface area contributed by atoms with Crippen molar-refractivity contribution in [2.45, 2.75) is 58.6 Å². The highest BCUT2D eigenvalue weighted by atomic mass is 32.1. The lowest BCUT2D eigenvalue weighted by Crippen LogP contribution is -2.29. The number of amides is 1. The normalized spacial score (nSPS) is 19.1. The molecule has 2 atom stereocenters. The molecule has 9 heteroatoms. The van der Waals surface area contributed by atoms with Gasteiger partial charge in [0.05, 0.1) is 35.0 Å². The number of anilines is 1. The van der Waals surface area contributed by atoms with Crippen LogP contribution >= 0.6 is 11.3 Å². The van der Waals surface area contributed by atoms with Crippen molar-refractivity contribution in [1.29, 1.82) is 0 Å². The Labute approximate surface area is 254 Å². The molecule has 1 aromatic heterocycles. The summed E-state index contributed by atoms with van der Waals surface area (Å²) in [6.07, 6.45) is 3.80. The number of rotatable bonds is 10. The van der Waals surface area contributed by atoms with Crippen molar-refractivity contribution in [3.05, 3.63) is 82.9 Å². The lowest BCUT2D eigenvalue weighted by molar-refractivity contribution is -0.132. The molecular weight excluding hydrogens is 564 g/mol. The fraction of sp³-hybridized carbons (Fsp3) is 0.324. The van der Waals surface area contributed by atoms with Gasteiger partial charge in [0.15, 0.2) is 5.13 Å². The molecule has 2 aliphatic heterocycles. The molecule has 6 rings (SSSR count). The zero-order chi connectivity index (χ0) is 30.1. The topological polar surface area (TPSA) is 98.2 Å². The monoisotopic (exact) mass is 598 g/mol. The third-order valence-electron chi connectivity index (χ3n) is 7.67. The first-order valence-corrected chi connectivity index (χ1v) is 15.6. The first-order valence-electron chi connectivity index (χ1n) is 14.7. The standard InChI is InChI=1S/C34H34N2O6S/c1-4-6-7-15-41-24-10-8-9-21(18-24)30-29(31(37)22-11-14-27-23(17-22)16-20(3)42-27)32(38)33(39)36(30)34-35-26-13-12-25(40-5-2)19-28(26)43-34/h8-14,17-20,30,37H,4-7,15-16H2,1-3H3/t20-,30+/m1/s1. The number of fused-ring (bicyclic) bond motifs is 2. The Kier molecular flexibility index (Phi) is 8.08. The number of thiazole rings is 1. The van der Waals surface area contributed by atoms with Gasteiger partial charge in [-0.05, 0) is 79.9 Å². The summed E-state index contributed by atoms with van der Waals surface area (Å²) in [5.41, 5.74) is 2.73. The third kappa shape index (κ3) is 5.57. The number of aromatic nitrogens is 1. The molecule has 0 radical (unpaired) electrons. The number of ether oxygens (including phenoxy) is 3. The predicted molar refractivity (Wildman–Crippen MR) is 167 cm³/mol. The fourth-order valence-electron chi connectivity index (χ4n) is 5.64. The smallest absolute Gasteiger partial charge is 0.301 e. The van der Waals surface area contributed by atoms with E-state index in [-0.39, 0.29) is 17.4 Å². The molecule has 3 heterocycles. The number of nitrogens with zero attached hydrogens (tertiary/aromatic N) is 2. The van der Waals surface area contributed by atoms with Crippen molar-refractivity contribution in [1.82, 2.24) is 4.98 Å². The molecule has 0 spiro atoms. The number of hydrogen-bond acceptors (Lipinski definition) is 8. The molecule has 1 amide bonds. The minimum atomic E-state index is -0.908. The van der Waals surface area contributed by atoms with E-state index in [0.29, 0.717) is 52.9 Å². The number of Topliss-reactive ketones (excluding diaryl/α,β-unsaturated/α-hetero) is 1. The zero-order valence-corrected chi connectivity index (χ0v) is 25.3. The van der Waals surface area contributed by atoms with Crippen LogP contribution in [0.4, 0.5) is 5.13 Å². The van der Waals surface area contributed by atoms with Crippen molar-refractivity contribution in [2.24, 2.45) is 0 Å². The van der Waals surface area contributed by atoms with Gasteiger partial charge in [0.2, 0.25) is 0 Å². The average molecular weight is 599 g/mol. The summed E-state index contributed by atoms with van der Waals surface area (Å²) in [7, 11) is 0. The lowest BCUT2D eigenvalue weighted by Gasteiger charge is -2.23. The van der Waals surface area contributed by atoms with E-state index in [1.165, 1.54) is 16.2 Å². The van der Waals surface area contributed by atoms with Gasteiger partial charge in [-0.1, -0.05) is 43.2 Å². The molecule has 8 nitrogen and oxygen atoms in total. The van der Waals surface area contributed by atoms with Crippen molar-refractivity contribution in [3.63, 3.8) is 0 Å². The van der Waals surface area contributed by atoms with Gasteiger partial charge >= 0.3 is 5.91 Å². The second kappa shape index (κ2) is 12.1. The van der Waals surface area contributed by atoms with Crippen molar-refractivity contribution in [2.75, 3.05) is 18.1 Å². The maximum Gasteiger partial charge on any atom is 0.301 e. The van der Waals surface area contributed by atoms with Crippen LogP contribution in [0, 0.1) is 0 Å². The Bertz CT molecular complexity index is 1730. The van der Waals surface area contributed by atoms with E-state index >= 15 is 0 Å². The second-order valence-electron chi connectivity index (χ2n) is 10.8. The molecule has 1 saturated heterocycles. The van der Waals surface area contributed by atoms with Crippen LogP contribution in [0.5, 0.6) is 17.2 Å². The van der Waals surface area contributed by atoms with Gasteiger partial charge in [0.1, 0.15) is 29.1 Å². The summed E-state index contributed by atoms with van der Waals surface area (Å²) >= 11 is 1.30. The molecule has 1 N–H and O–H groups in total. The predicted octanol–water partition coefficient (Wildman–Crippen LogP) is 7.21. The highest BCUT2D eigenvalue weighted by Crippen LogP contribution is 2.45. The summed E-state index contributed by atoms with van der Waals surface area (Å²) in [4.78, 5) is 33.6. The summed E-state index contributed by atoms with van der Waals surface area (Å²) in [5, 5.41) is 12.0. The van der Waals surface area contributed by atoms with E-state index in [0.717, 1.165) is 35.3 Å². The van der Waals surface area contributed by atoms with Gasteiger partial charge in [-0.2, -0.15) is 0 Å². The molecule has 0 unspecified atom stereocenters. The van der Waals surface area contributed by atoms with Gasteiger partial charge in [-0.3, -0.25) is 14.5 Å². The Balaban J connectivity index is 1.46. The van der Waals surface area contributed by atoms with Crippen LogP contribution in [-0.4, -0.2) is 41.1 Å². The summed E-state index contributed by atoms with van der Waals surface area (Å²) in [6.45, 7) is 7.12. The van der Waals surface area contributed by atoms with Crippen LogP contribution in [0.1, 0.15) is 62.8 Å². The molecule has 0 aliphatic carbocycles. The maximum atomic E-state index is 13.8. The molecule has 0 saturated carbocycles. The van der Waals surface area contributed by atoms with E-state index in [2.05, 4.69) is 6.92 Å². The summed E-state index contributed by atoms with van der Waals surface area (Å²) in [6, 6.07) is 17.4. The molecule has 3 aromatic carbocycles. The average Bonchev–Trinajstić information content (AvgIpc) is 3.67. The Morgan fingerprint density at radius 2 is 1.88 bits per heavy atom. The minimum Gasteiger partial charge on any atom is -0.507 e. The van der Waals surface area contributed by atoms with Gasteiger partial charge in [-0.15, -0.1) is 0 Å². The lowest BCUT2D eigenvalue weighted by atomic mass is 9.94. The number of carbonyl (C=O) groups is 2. The van der Waals surface area contributed by atoms with E-state index in [9.17, 15) is 14.7 Å². The highest BCUT2D eigenvalue weighted by molar-refractivity contribution is 7.22. The number of hydrogen-bond donors (Lipinski definition) is 1. The summed E-state index contributed by atoms with van der Waals surface area (Å²) < 4.78 is 18.3. The van der Waals surface area contributed by atoms with Crippen molar-refractivity contribution >= 4 is 44.1 Å². The van der Waals surface area contributed by atoms with E-state index in [1.54, 1.807) is 12.1 Å². The van der Waals surface area contributed by atoms with Crippen molar-refractivity contribution in [3.8, 4) is 17.2 Å². The number of unbranched alkanes of at least 4 members (excludes halogenated alkanes) is 2.